The molecule has 0 fully saturated rings. The Morgan fingerprint density at radius 1 is 1.53 bits per heavy atom. The van der Waals surface area contributed by atoms with Gasteiger partial charge in [-0.05, 0) is 0 Å². The minimum absolute atomic E-state index is 0.0961. The summed E-state index contributed by atoms with van der Waals surface area (Å²) in [6.45, 7) is 2.29. The fourth-order valence-corrected chi connectivity index (χ4v) is 1.05. The molecule has 15 heavy (non-hydrogen) atoms. The molecule has 0 saturated carbocycles. The molecule has 2 N–H and O–H groups in total. The van der Waals surface area contributed by atoms with Crippen molar-refractivity contribution in [1.82, 2.24) is 15.3 Å². The maximum atomic E-state index is 8.69. The molecule has 0 atom stereocenters. The summed E-state index contributed by atoms with van der Waals surface area (Å²) < 4.78 is 6.51. The highest BCUT2D eigenvalue weighted by Crippen LogP contribution is 1.96. The van der Waals surface area contributed by atoms with E-state index in [0.717, 1.165) is 5.56 Å². The van der Waals surface area contributed by atoms with Crippen molar-refractivity contribution >= 4 is 0 Å². The molecule has 0 bridgehead atoms. The molecule has 1 rings (SSSR count). The minimum Gasteiger partial charge on any atom is -0.394 e. The van der Waals surface area contributed by atoms with Gasteiger partial charge in [0, 0.05) is 25.4 Å². The van der Waals surface area contributed by atoms with E-state index in [1.54, 1.807) is 18.0 Å². The van der Waals surface area contributed by atoms with Gasteiger partial charge in [0.1, 0.15) is 0 Å². The first-order chi connectivity index (χ1) is 7.36. The van der Waals surface area contributed by atoms with Crippen LogP contribution < -0.4 is 5.48 Å². The lowest BCUT2D eigenvalue weighted by Gasteiger charge is -2.03. The molecule has 0 spiro atoms. The molecule has 1 heterocycles. The van der Waals surface area contributed by atoms with Gasteiger partial charge in [-0.1, -0.05) is 0 Å². The van der Waals surface area contributed by atoms with Gasteiger partial charge in [0.15, 0.2) is 0 Å². The molecule has 0 radical (unpaired) electrons. The van der Waals surface area contributed by atoms with Crippen molar-refractivity contribution in [2.24, 2.45) is 0 Å². The van der Waals surface area contributed by atoms with E-state index in [-0.39, 0.29) is 6.61 Å². The van der Waals surface area contributed by atoms with E-state index in [2.05, 4.69) is 10.6 Å². The molecular weight excluding hydrogens is 198 g/mol. The predicted octanol–water partition coefficient (Wildman–Crippen LogP) is -0.457. The van der Waals surface area contributed by atoms with Gasteiger partial charge in [-0.3, -0.25) is 9.52 Å². The number of hydroxylamine groups is 1. The van der Waals surface area contributed by atoms with Gasteiger partial charge in [-0.2, -0.15) is 10.6 Å². The summed E-state index contributed by atoms with van der Waals surface area (Å²) in [5.41, 5.74) is 3.81. The smallest absolute Gasteiger partial charge is 0.0916 e. The van der Waals surface area contributed by atoms with Crippen molar-refractivity contribution in [2.75, 3.05) is 26.9 Å². The number of nitrogens with one attached hydrogen (secondary N) is 1. The van der Waals surface area contributed by atoms with Crippen LogP contribution in [0.25, 0.3) is 0 Å². The van der Waals surface area contributed by atoms with Crippen LogP contribution in [-0.4, -0.2) is 41.8 Å². The van der Waals surface area contributed by atoms with E-state index in [0.29, 0.717) is 26.3 Å². The third-order valence-electron chi connectivity index (χ3n) is 1.78. The molecule has 0 aliphatic rings. The summed E-state index contributed by atoms with van der Waals surface area (Å²) in [4.78, 5) is 5.09. The Labute approximate surface area is 88.8 Å². The first-order valence-corrected chi connectivity index (χ1v) is 4.82. The van der Waals surface area contributed by atoms with E-state index in [9.17, 15) is 0 Å². The monoisotopic (exact) mass is 215 g/mol. The number of hydrogen-bond acceptors (Lipinski definition) is 5. The maximum absolute atomic E-state index is 8.69. The molecule has 0 unspecified atom stereocenters. The molecule has 0 aliphatic heterocycles. The predicted molar refractivity (Wildman–Crippen MR) is 54.0 cm³/mol. The Hall–Kier alpha value is -0.950. The van der Waals surface area contributed by atoms with Crippen molar-refractivity contribution in [2.45, 2.75) is 13.1 Å². The number of ether oxygens (including phenoxy) is 1. The zero-order valence-electron chi connectivity index (χ0n) is 8.85. The van der Waals surface area contributed by atoms with E-state index < -0.39 is 0 Å². The Balaban J connectivity index is 2.14. The highest BCUT2D eigenvalue weighted by molar-refractivity contribution is 5.02. The van der Waals surface area contributed by atoms with Crippen LogP contribution in [0.15, 0.2) is 12.4 Å². The second-order valence-electron chi connectivity index (χ2n) is 3.00. The quantitative estimate of drug-likeness (QED) is 0.454. The van der Waals surface area contributed by atoms with Gasteiger partial charge in [0.05, 0.1) is 32.6 Å². The van der Waals surface area contributed by atoms with Crippen LogP contribution in [0, 0.1) is 0 Å². The first kappa shape index (κ1) is 12.1. The Morgan fingerprint density at radius 2 is 2.40 bits per heavy atom. The average molecular weight is 215 g/mol. The average Bonchev–Trinajstić information content (AvgIpc) is 2.66. The standard InChI is InChI=1S/C9H17N3O3/c1-14-4-5-15-11-7-9-6-10-12(8-9)2-3-13/h6,8,11,13H,2-5,7H2,1H3. The van der Waals surface area contributed by atoms with Gasteiger partial charge < -0.3 is 9.84 Å². The summed E-state index contributed by atoms with van der Waals surface area (Å²) in [5, 5.41) is 12.7. The summed E-state index contributed by atoms with van der Waals surface area (Å²) >= 11 is 0. The van der Waals surface area contributed by atoms with Crippen molar-refractivity contribution in [3.63, 3.8) is 0 Å². The van der Waals surface area contributed by atoms with Gasteiger partial charge >= 0.3 is 0 Å². The molecule has 1 aromatic rings. The summed E-state index contributed by atoms with van der Waals surface area (Å²) in [7, 11) is 1.63. The highest BCUT2D eigenvalue weighted by atomic mass is 16.7. The van der Waals surface area contributed by atoms with Crippen molar-refractivity contribution < 1.29 is 14.7 Å². The molecule has 0 saturated heterocycles. The lowest BCUT2D eigenvalue weighted by molar-refractivity contribution is 0.00345. The molecule has 6 heteroatoms. The fraction of sp³-hybridized carbons (Fsp3) is 0.667. The van der Waals surface area contributed by atoms with Crippen molar-refractivity contribution in [1.29, 1.82) is 0 Å². The van der Waals surface area contributed by atoms with E-state index in [1.807, 2.05) is 6.20 Å². The second kappa shape index (κ2) is 7.36. The van der Waals surface area contributed by atoms with Gasteiger partial charge in [0.25, 0.3) is 0 Å². The molecule has 6 nitrogen and oxygen atoms in total. The SMILES string of the molecule is COCCONCc1cnn(CCO)c1. The number of rotatable bonds is 8. The third-order valence-corrected chi connectivity index (χ3v) is 1.78. The van der Waals surface area contributed by atoms with Crippen LogP contribution in [0.2, 0.25) is 0 Å². The van der Waals surface area contributed by atoms with Gasteiger partial charge in [0.2, 0.25) is 0 Å². The van der Waals surface area contributed by atoms with Crippen molar-refractivity contribution in [3.8, 4) is 0 Å². The van der Waals surface area contributed by atoms with Crippen LogP contribution in [0.1, 0.15) is 5.56 Å². The van der Waals surface area contributed by atoms with E-state index in [1.165, 1.54) is 0 Å². The van der Waals surface area contributed by atoms with Crippen LogP contribution in [-0.2, 0) is 22.7 Å². The first-order valence-electron chi connectivity index (χ1n) is 4.82. The molecule has 0 amide bonds. The van der Waals surface area contributed by atoms with E-state index >= 15 is 0 Å². The molecule has 0 aromatic carbocycles. The number of nitrogens with zero attached hydrogens (tertiary/aromatic N) is 2. The number of aliphatic hydroxyl groups excluding tert-OH is 1. The zero-order valence-corrected chi connectivity index (χ0v) is 8.85. The van der Waals surface area contributed by atoms with E-state index in [4.69, 9.17) is 14.7 Å². The second-order valence-corrected chi connectivity index (χ2v) is 3.00. The lowest BCUT2D eigenvalue weighted by Crippen LogP contribution is -2.16. The number of methoxy groups -OCH3 is 1. The minimum atomic E-state index is 0.0961. The lowest BCUT2D eigenvalue weighted by atomic mass is 10.4. The normalized spacial score (nSPS) is 10.8. The third kappa shape index (κ3) is 4.89. The van der Waals surface area contributed by atoms with Crippen LogP contribution in [0.4, 0.5) is 0 Å². The molecule has 1 aromatic heterocycles. The number of aromatic nitrogens is 2. The van der Waals surface area contributed by atoms with Gasteiger partial charge in [-0.15, -0.1) is 0 Å². The van der Waals surface area contributed by atoms with Crippen LogP contribution in [0.5, 0.6) is 0 Å². The number of hydrogen-bond donors (Lipinski definition) is 2. The van der Waals surface area contributed by atoms with Crippen LogP contribution >= 0.6 is 0 Å². The molecular formula is C9H17N3O3. The Kier molecular flexibility index (Phi) is 5.94. The highest BCUT2D eigenvalue weighted by Gasteiger charge is 1.97. The summed E-state index contributed by atoms with van der Waals surface area (Å²) in [5.74, 6) is 0. The Morgan fingerprint density at radius 3 is 3.13 bits per heavy atom. The maximum Gasteiger partial charge on any atom is 0.0916 e. The molecule has 86 valence electrons. The van der Waals surface area contributed by atoms with Crippen molar-refractivity contribution in [3.05, 3.63) is 18.0 Å². The number of aliphatic hydroxyl groups is 1. The zero-order chi connectivity index (χ0) is 10.9. The molecule has 0 aliphatic carbocycles. The topological polar surface area (TPSA) is 68.5 Å². The Bertz CT molecular complexity index is 265. The summed E-state index contributed by atoms with van der Waals surface area (Å²) in [6.07, 6.45) is 3.60. The fourth-order valence-electron chi connectivity index (χ4n) is 1.05. The van der Waals surface area contributed by atoms with Gasteiger partial charge in [-0.25, -0.2) is 0 Å². The largest absolute Gasteiger partial charge is 0.394 e. The van der Waals surface area contributed by atoms with Crippen LogP contribution in [0.3, 0.4) is 0 Å². The summed E-state index contributed by atoms with van der Waals surface area (Å²) in [6, 6.07) is 0.